The van der Waals surface area contributed by atoms with Gasteiger partial charge in [-0.2, -0.15) is 0 Å². The van der Waals surface area contributed by atoms with Crippen molar-refractivity contribution in [3.05, 3.63) is 52.0 Å². The molecule has 0 aliphatic rings. The first-order valence-electron chi connectivity index (χ1n) is 5.53. The molecule has 0 aliphatic heterocycles. The highest BCUT2D eigenvalue weighted by Crippen LogP contribution is 2.16. The topological polar surface area (TPSA) is 72.2 Å². The van der Waals surface area contributed by atoms with Crippen molar-refractivity contribution in [3.63, 3.8) is 0 Å². The lowest BCUT2D eigenvalue weighted by atomic mass is 10.2. The highest BCUT2D eigenvalue weighted by Gasteiger charge is 2.15. The van der Waals surface area contributed by atoms with Crippen molar-refractivity contribution in [2.75, 3.05) is 0 Å². The Hall–Kier alpha value is -1.28. The van der Waals surface area contributed by atoms with E-state index in [0.717, 1.165) is 10.9 Å². The maximum absolute atomic E-state index is 13.3. The van der Waals surface area contributed by atoms with E-state index in [-0.39, 0.29) is 23.5 Å². The molecular formula is C12H13FN2O2S2. The van der Waals surface area contributed by atoms with Crippen molar-refractivity contribution in [1.82, 2.24) is 4.72 Å². The summed E-state index contributed by atoms with van der Waals surface area (Å²) < 4.78 is 39.8. The zero-order chi connectivity index (χ0) is 13.9. The molecule has 4 nitrogen and oxygen atoms in total. The van der Waals surface area contributed by atoms with Gasteiger partial charge in [0.15, 0.2) is 0 Å². The first-order chi connectivity index (χ1) is 9.03. The van der Waals surface area contributed by atoms with Crippen molar-refractivity contribution in [2.45, 2.75) is 18.0 Å². The summed E-state index contributed by atoms with van der Waals surface area (Å²) in [6, 6.07) is 7.28. The second kappa shape index (κ2) is 5.79. The van der Waals surface area contributed by atoms with Gasteiger partial charge in [0.1, 0.15) is 5.82 Å². The summed E-state index contributed by atoms with van der Waals surface area (Å²) in [6.45, 7) is 0.176. The first kappa shape index (κ1) is 14.1. The molecular weight excluding hydrogens is 287 g/mol. The third-order valence-electron chi connectivity index (χ3n) is 2.56. The molecule has 0 aliphatic carbocycles. The second-order valence-electron chi connectivity index (χ2n) is 3.86. The van der Waals surface area contributed by atoms with Gasteiger partial charge in [-0.1, -0.05) is 6.07 Å². The number of halogens is 1. The molecule has 0 saturated carbocycles. The van der Waals surface area contributed by atoms with Gasteiger partial charge in [-0.3, -0.25) is 0 Å². The lowest BCUT2D eigenvalue weighted by Gasteiger charge is -2.07. The lowest BCUT2D eigenvalue weighted by molar-refractivity contribution is 0.579. The van der Waals surface area contributed by atoms with E-state index < -0.39 is 15.8 Å². The van der Waals surface area contributed by atoms with Crippen molar-refractivity contribution in [1.29, 1.82) is 0 Å². The summed E-state index contributed by atoms with van der Waals surface area (Å²) in [5.41, 5.74) is 5.54. The van der Waals surface area contributed by atoms with Crippen LogP contribution in [-0.2, 0) is 23.1 Å². The molecule has 0 amide bonds. The number of sulfonamides is 1. The number of benzene rings is 1. The Balaban J connectivity index is 2.19. The van der Waals surface area contributed by atoms with Crippen LogP contribution in [0.5, 0.6) is 0 Å². The van der Waals surface area contributed by atoms with E-state index in [1.54, 1.807) is 0 Å². The molecule has 2 aromatic rings. The van der Waals surface area contributed by atoms with Crippen LogP contribution in [-0.4, -0.2) is 8.42 Å². The van der Waals surface area contributed by atoms with E-state index in [2.05, 4.69) is 4.72 Å². The minimum absolute atomic E-state index is 0.0194. The van der Waals surface area contributed by atoms with Gasteiger partial charge in [0.05, 0.1) is 4.90 Å². The molecule has 0 atom stereocenters. The molecule has 2 rings (SSSR count). The van der Waals surface area contributed by atoms with Crippen molar-refractivity contribution in [3.8, 4) is 0 Å². The molecule has 0 bridgehead atoms. The third-order valence-corrected chi connectivity index (χ3v) is 4.84. The van der Waals surface area contributed by atoms with Crippen LogP contribution < -0.4 is 10.5 Å². The average molecular weight is 300 g/mol. The minimum Gasteiger partial charge on any atom is -0.326 e. The Bertz CT molecular complexity index is 654. The van der Waals surface area contributed by atoms with Crippen molar-refractivity contribution < 1.29 is 12.8 Å². The zero-order valence-electron chi connectivity index (χ0n) is 9.97. The molecule has 0 unspecified atom stereocenters. The molecule has 0 saturated heterocycles. The highest BCUT2D eigenvalue weighted by molar-refractivity contribution is 7.89. The average Bonchev–Trinajstić information content (AvgIpc) is 2.90. The van der Waals surface area contributed by atoms with Crippen LogP contribution in [0.15, 0.2) is 40.6 Å². The highest BCUT2D eigenvalue weighted by atomic mass is 32.2. The summed E-state index contributed by atoms with van der Waals surface area (Å²) in [4.78, 5) is 0.927. The number of nitrogens with two attached hydrogens (primary N) is 1. The van der Waals surface area contributed by atoms with Gasteiger partial charge in [-0.15, -0.1) is 11.3 Å². The summed E-state index contributed by atoms with van der Waals surface area (Å²) in [7, 11) is -3.65. The largest absolute Gasteiger partial charge is 0.326 e. The standard InChI is InChI=1S/C12H13FN2O2S2/c13-12-4-3-11(6-9(12)7-14)19(16,17)15-8-10-2-1-5-18-10/h1-6,15H,7-8,14H2. The van der Waals surface area contributed by atoms with Gasteiger partial charge >= 0.3 is 0 Å². The molecule has 0 spiro atoms. The summed E-state index contributed by atoms with van der Waals surface area (Å²) in [6.07, 6.45) is 0. The second-order valence-corrected chi connectivity index (χ2v) is 6.66. The van der Waals surface area contributed by atoms with E-state index in [0.29, 0.717) is 0 Å². The zero-order valence-corrected chi connectivity index (χ0v) is 11.6. The van der Waals surface area contributed by atoms with E-state index in [1.807, 2.05) is 17.5 Å². The van der Waals surface area contributed by atoms with Crippen molar-refractivity contribution >= 4 is 21.4 Å². The molecule has 0 radical (unpaired) electrons. The lowest BCUT2D eigenvalue weighted by Crippen LogP contribution is -2.23. The number of nitrogens with one attached hydrogen (secondary N) is 1. The molecule has 1 aromatic heterocycles. The first-order valence-corrected chi connectivity index (χ1v) is 7.90. The van der Waals surface area contributed by atoms with E-state index in [9.17, 15) is 12.8 Å². The maximum Gasteiger partial charge on any atom is 0.240 e. The smallest absolute Gasteiger partial charge is 0.240 e. The van der Waals surface area contributed by atoms with Crippen LogP contribution >= 0.6 is 11.3 Å². The van der Waals surface area contributed by atoms with Crippen LogP contribution in [0, 0.1) is 5.82 Å². The molecule has 19 heavy (non-hydrogen) atoms. The summed E-state index contributed by atoms with van der Waals surface area (Å²) in [5.74, 6) is -0.500. The van der Waals surface area contributed by atoms with Gasteiger partial charge in [0.25, 0.3) is 0 Å². The van der Waals surface area contributed by atoms with E-state index >= 15 is 0 Å². The Labute approximate surface area is 115 Å². The number of hydrogen-bond donors (Lipinski definition) is 2. The van der Waals surface area contributed by atoms with Gasteiger partial charge in [0.2, 0.25) is 10.0 Å². The fourth-order valence-electron chi connectivity index (χ4n) is 1.54. The molecule has 1 aromatic carbocycles. The molecule has 0 fully saturated rings. The molecule has 1 heterocycles. The Morgan fingerprint density at radius 2 is 2.11 bits per heavy atom. The predicted octanol–water partition coefficient (Wildman–Crippen LogP) is 1.82. The Kier molecular flexibility index (Phi) is 4.31. The summed E-state index contributed by atoms with van der Waals surface area (Å²) >= 11 is 1.46. The number of thiophene rings is 1. The van der Waals surface area contributed by atoms with Crippen LogP contribution in [0.1, 0.15) is 10.4 Å². The predicted molar refractivity (Wildman–Crippen MR) is 72.6 cm³/mol. The number of hydrogen-bond acceptors (Lipinski definition) is 4. The van der Waals surface area contributed by atoms with Crippen LogP contribution in [0.4, 0.5) is 4.39 Å². The third kappa shape index (κ3) is 3.38. The van der Waals surface area contributed by atoms with E-state index in [1.165, 1.54) is 23.5 Å². The van der Waals surface area contributed by atoms with Gasteiger partial charge in [-0.25, -0.2) is 17.5 Å². The molecule has 3 N–H and O–H groups in total. The van der Waals surface area contributed by atoms with Crippen LogP contribution in [0.3, 0.4) is 0 Å². The van der Waals surface area contributed by atoms with E-state index in [4.69, 9.17) is 5.73 Å². The van der Waals surface area contributed by atoms with Crippen LogP contribution in [0.25, 0.3) is 0 Å². The maximum atomic E-state index is 13.3. The quantitative estimate of drug-likeness (QED) is 0.885. The Morgan fingerprint density at radius 1 is 1.32 bits per heavy atom. The summed E-state index contributed by atoms with van der Waals surface area (Å²) in [5, 5.41) is 1.87. The Morgan fingerprint density at radius 3 is 2.74 bits per heavy atom. The van der Waals surface area contributed by atoms with Gasteiger partial charge in [-0.05, 0) is 29.6 Å². The van der Waals surface area contributed by atoms with Gasteiger partial charge in [0, 0.05) is 23.5 Å². The van der Waals surface area contributed by atoms with Gasteiger partial charge < -0.3 is 5.73 Å². The SMILES string of the molecule is NCc1cc(S(=O)(=O)NCc2cccs2)ccc1F. The number of rotatable bonds is 5. The van der Waals surface area contributed by atoms with Crippen LogP contribution in [0.2, 0.25) is 0 Å². The fraction of sp³-hybridized carbons (Fsp3) is 0.167. The molecule has 7 heteroatoms. The van der Waals surface area contributed by atoms with Crippen molar-refractivity contribution in [2.24, 2.45) is 5.73 Å². The normalized spacial score (nSPS) is 11.7. The fourth-order valence-corrected chi connectivity index (χ4v) is 3.33. The minimum atomic E-state index is -3.65. The molecule has 102 valence electrons. The monoisotopic (exact) mass is 300 g/mol.